The van der Waals surface area contributed by atoms with Crippen LogP contribution in [0.1, 0.15) is 29.5 Å². The number of halogens is 1. The van der Waals surface area contributed by atoms with E-state index in [1.54, 1.807) is 0 Å². The molecule has 0 radical (unpaired) electrons. The molecule has 3 aromatic carbocycles. The Morgan fingerprint density at radius 1 is 0.658 bits per heavy atom. The monoisotopic (exact) mass is 518 g/mol. The number of benzene rings is 3. The summed E-state index contributed by atoms with van der Waals surface area (Å²) in [6.45, 7) is 4.45. The molecule has 5 rings (SSSR count). The third-order valence-corrected chi connectivity index (χ3v) is 7.51. The zero-order valence-corrected chi connectivity index (χ0v) is 22.0. The van der Waals surface area contributed by atoms with Gasteiger partial charge in [-0.2, -0.15) is 0 Å². The molecule has 0 saturated carbocycles. The third kappa shape index (κ3) is 7.71. The van der Waals surface area contributed by atoms with E-state index in [0.29, 0.717) is 52.3 Å². The van der Waals surface area contributed by atoms with Gasteiger partial charge in [-0.05, 0) is 42.6 Å². The first-order valence-electron chi connectivity index (χ1n) is 13.8. The van der Waals surface area contributed by atoms with Gasteiger partial charge >= 0.3 is 0 Å². The summed E-state index contributed by atoms with van der Waals surface area (Å²) in [4.78, 5) is 2.19. The van der Waals surface area contributed by atoms with Crippen LogP contribution in [-0.2, 0) is 34.0 Å². The number of hydrogen-bond donors (Lipinski definition) is 1. The van der Waals surface area contributed by atoms with E-state index in [1.165, 1.54) is 0 Å². The lowest BCUT2D eigenvalue weighted by Gasteiger charge is -2.45. The smallest absolute Gasteiger partial charge is 0.126 e. The highest BCUT2D eigenvalue weighted by atomic mass is 19.1. The summed E-state index contributed by atoms with van der Waals surface area (Å²) < 4.78 is 35.4. The van der Waals surface area contributed by atoms with Gasteiger partial charge in [-0.15, -0.1) is 0 Å². The van der Waals surface area contributed by atoms with Crippen LogP contribution in [0.3, 0.4) is 0 Å². The van der Waals surface area contributed by atoms with E-state index in [-0.39, 0.29) is 18.3 Å². The normalized spacial score (nSPS) is 23.8. The Balaban J connectivity index is 1.35. The van der Waals surface area contributed by atoms with E-state index in [4.69, 9.17) is 14.2 Å². The first-order chi connectivity index (χ1) is 18.7. The van der Waals surface area contributed by atoms with Crippen LogP contribution < -0.4 is 5.32 Å². The maximum Gasteiger partial charge on any atom is 0.126 e. The minimum Gasteiger partial charge on any atom is -0.369 e. The van der Waals surface area contributed by atoms with E-state index < -0.39 is 5.67 Å². The van der Waals surface area contributed by atoms with Crippen molar-refractivity contribution in [2.75, 3.05) is 32.7 Å². The van der Waals surface area contributed by atoms with Crippen LogP contribution in [-0.4, -0.2) is 61.6 Å². The van der Waals surface area contributed by atoms with Gasteiger partial charge in [-0.25, -0.2) is 4.39 Å². The van der Waals surface area contributed by atoms with Crippen LogP contribution in [0.4, 0.5) is 4.39 Å². The number of rotatable bonds is 11. The molecule has 2 saturated heterocycles. The molecule has 0 spiro atoms. The van der Waals surface area contributed by atoms with Crippen molar-refractivity contribution in [2.45, 2.75) is 56.6 Å². The van der Waals surface area contributed by atoms with Crippen LogP contribution in [0.15, 0.2) is 91.0 Å². The van der Waals surface area contributed by atoms with Crippen LogP contribution in [0, 0.1) is 0 Å². The Hall–Kier alpha value is -2.61. The molecule has 5 nitrogen and oxygen atoms in total. The highest BCUT2D eigenvalue weighted by Gasteiger charge is 2.43. The maximum absolute atomic E-state index is 15.8. The fraction of sp³-hybridized carbons (Fsp3) is 0.438. The van der Waals surface area contributed by atoms with Crippen molar-refractivity contribution in [1.29, 1.82) is 0 Å². The van der Waals surface area contributed by atoms with Gasteiger partial charge in [0, 0.05) is 19.6 Å². The minimum absolute atomic E-state index is 0.251. The van der Waals surface area contributed by atoms with E-state index >= 15 is 4.39 Å². The molecule has 2 aliphatic rings. The second-order valence-corrected chi connectivity index (χ2v) is 10.5. The Morgan fingerprint density at radius 2 is 1.08 bits per heavy atom. The lowest BCUT2D eigenvalue weighted by atomic mass is 9.92. The van der Waals surface area contributed by atoms with Gasteiger partial charge in [0.25, 0.3) is 0 Å². The molecule has 2 aliphatic heterocycles. The lowest BCUT2D eigenvalue weighted by molar-refractivity contribution is -0.188. The standard InChI is InChI=1S/C32H39FN2O3/c33-32(16-18-34-19-17-32)25-35-20-29(36-22-26-10-4-1-5-11-26)31(38-24-28-14-8-3-9-15-28)30(21-35)37-23-27-12-6-2-7-13-27/h1-15,29-31,34H,16-25H2/t29-,30+,31?. The number of piperidine rings is 2. The van der Waals surface area contributed by atoms with Gasteiger partial charge in [0.15, 0.2) is 0 Å². The minimum atomic E-state index is -1.20. The van der Waals surface area contributed by atoms with E-state index in [1.807, 2.05) is 54.6 Å². The number of alkyl halides is 1. The van der Waals surface area contributed by atoms with Gasteiger partial charge < -0.3 is 19.5 Å². The Kier molecular flexibility index (Phi) is 9.55. The molecule has 0 aliphatic carbocycles. The predicted molar refractivity (Wildman–Crippen MR) is 147 cm³/mol. The molecule has 0 amide bonds. The molecule has 2 fully saturated rings. The van der Waals surface area contributed by atoms with Crippen LogP contribution in [0.2, 0.25) is 0 Å². The molecule has 3 aromatic rings. The van der Waals surface area contributed by atoms with Crippen molar-refractivity contribution in [1.82, 2.24) is 10.2 Å². The summed E-state index contributed by atoms with van der Waals surface area (Å²) in [7, 11) is 0. The average Bonchev–Trinajstić information content (AvgIpc) is 2.96. The second-order valence-electron chi connectivity index (χ2n) is 10.5. The Morgan fingerprint density at radius 3 is 1.53 bits per heavy atom. The summed E-state index contributed by atoms with van der Waals surface area (Å²) >= 11 is 0. The van der Waals surface area contributed by atoms with Crippen molar-refractivity contribution in [3.05, 3.63) is 108 Å². The summed E-state index contributed by atoms with van der Waals surface area (Å²) in [6.07, 6.45) is 0.283. The molecule has 0 bridgehead atoms. The molecular formula is C32H39FN2O3. The summed E-state index contributed by atoms with van der Waals surface area (Å²) in [5, 5.41) is 3.28. The van der Waals surface area contributed by atoms with Crippen molar-refractivity contribution >= 4 is 0 Å². The maximum atomic E-state index is 15.8. The van der Waals surface area contributed by atoms with Crippen molar-refractivity contribution in [2.24, 2.45) is 0 Å². The van der Waals surface area contributed by atoms with E-state index in [9.17, 15) is 0 Å². The number of likely N-dealkylation sites (tertiary alicyclic amines) is 1. The first-order valence-corrected chi connectivity index (χ1v) is 13.8. The molecule has 1 N–H and O–H groups in total. The van der Waals surface area contributed by atoms with Gasteiger partial charge in [-0.1, -0.05) is 91.0 Å². The summed E-state index contributed by atoms with van der Waals surface area (Å²) in [6, 6.07) is 30.5. The van der Waals surface area contributed by atoms with Gasteiger partial charge in [0.1, 0.15) is 11.8 Å². The Bertz CT molecular complexity index is 1030. The van der Waals surface area contributed by atoms with E-state index in [0.717, 1.165) is 29.8 Å². The molecular weight excluding hydrogens is 479 g/mol. The number of ether oxygens (including phenoxy) is 3. The molecule has 0 aromatic heterocycles. The highest BCUT2D eigenvalue weighted by Crippen LogP contribution is 2.29. The third-order valence-electron chi connectivity index (χ3n) is 7.51. The predicted octanol–water partition coefficient (Wildman–Crippen LogP) is 5.15. The topological polar surface area (TPSA) is 43.0 Å². The van der Waals surface area contributed by atoms with Gasteiger partial charge in [0.2, 0.25) is 0 Å². The zero-order valence-electron chi connectivity index (χ0n) is 22.0. The van der Waals surface area contributed by atoms with Crippen LogP contribution in [0.5, 0.6) is 0 Å². The highest BCUT2D eigenvalue weighted by molar-refractivity contribution is 5.15. The quantitative estimate of drug-likeness (QED) is 0.380. The summed E-state index contributed by atoms with van der Waals surface area (Å²) in [5.41, 5.74) is 2.12. The van der Waals surface area contributed by atoms with Crippen molar-refractivity contribution in [3.8, 4) is 0 Å². The number of nitrogens with zero attached hydrogens (tertiary/aromatic N) is 1. The van der Waals surface area contributed by atoms with E-state index in [2.05, 4.69) is 46.6 Å². The molecule has 202 valence electrons. The Labute approximate surface area is 225 Å². The molecule has 1 unspecified atom stereocenters. The number of hydrogen-bond acceptors (Lipinski definition) is 5. The van der Waals surface area contributed by atoms with Crippen molar-refractivity contribution < 1.29 is 18.6 Å². The summed E-state index contributed by atoms with van der Waals surface area (Å²) in [5.74, 6) is 0. The number of nitrogens with one attached hydrogen (secondary N) is 1. The SMILES string of the molecule is FC1(CN2C[C@H](OCc3ccccc3)C(OCc3ccccc3)[C@H](OCc3ccccc3)C2)CCNCC1. The fourth-order valence-electron chi connectivity index (χ4n) is 5.42. The molecule has 2 heterocycles. The largest absolute Gasteiger partial charge is 0.369 e. The van der Waals surface area contributed by atoms with Crippen LogP contribution in [0.25, 0.3) is 0 Å². The molecule has 38 heavy (non-hydrogen) atoms. The average molecular weight is 519 g/mol. The molecule has 6 heteroatoms. The molecule has 3 atom stereocenters. The lowest BCUT2D eigenvalue weighted by Crippen LogP contribution is -2.60. The zero-order chi connectivity index (χ0) is 26.0. The first kappa shape index (κ1) is 27.0. The van der Waals surface area contributed by atoms with Crippen LogP contribution >= 0.6 is 0 Å². The second kappa shape index (κ2) is 13.5. The van der Waals surface area contributed by atoms with Gasteiger partial charge in [0.05, 0.1) is 32.0 Å². The van der Waals surface area contributed by atoms with Gasteiger partial charge in [-0.3, -0.25) is 4.90 Å². The van der Waals surface area contributed by atoms with Crippen molar-refractivity contribution in [3.63, 3.8) is 0 Å². The fourth-order valence-corrected chi connectivity index (χ4v) is 5.42.